The highest BCUT2D eigenvalue weighted by atomic mass is 32.2. The van der Waals surface area contributed by atoms with Crippen LogP contribution in [0.2, 0.25) is 0 Å². The van der Waals surface area contributed by atoms with Gasteiger partial charge in [-0.1, -0.05) is 24.3 Å². The molecular weight excluding hydrogens is 351 g/mol. The average Bonchev–Trinajstić information content (AvgIpc) is 2.62. The van der Waals surface area contributed by atoms with Crippen molar-refractivity contribution in [2.24, 2.45) is 0 Å². The molecule has 0 saturated carbocycles. The number of nitrogens with one attached hydrogen (secondary N) is 2. The quantitative estimate of drug-likeness (QED) is 0.866. The molecule has 1 heterocycles. The summed E-state index contributed by atoms with van der Waals surface area (Å²) < 4.78 is 13.0. The smallest absolute Gasteiger partial charge is 0.247 e. The van der Waals surface area contributed by atoms with Crippen molar-refractivity contribution < 1.29 is 14.0 Å². The number of anilines is 1. The SMILES string of the molecule is Cc1cccc(NC(=O)C2CSC(Cc3ccc(F)cc3)C(=O)N2)c1C. The number of rotatable bonds is 4. The molecule has 2 unspecified atom stereocenters. The lowest BCUT2D eigenvalue weighted by atomic mass is 10.1. The molecule has 0 bridgehead atoms. The molecule has 2 aromatic carbocycles. The van der Waals surface area contributed by atoms with Crippen LogP contribution in [-0.2, 0) is 16.0 Å². The molecule has 26 heavy (non-hydrogen) atoms. The van der Waals surface area contributed by atoms with Crippen LogP contribution in [0.3, 0.4) is 0 Å². The van der Waals surface area contributed by atoms with Gasteiger partial charge in [0.15, 0.2) is 0 Å². The third kappa shape index (κ3) is 4.25. The summed E-state index contributed by atoms with van der Waals surface area (Å²) in [6.45, 7) is 3.95. The van der Waals surface area contributed by atoms with Crippen LogP contribution in [0.5, 0.6) is 0 Å². The molecule has 0 spiro atoms. The minimum absolute atomic E-state index is 0.160. The molecule has 0 aromatic heterocycles. The fraction of sp³-hybridized carbons (Fsp3) is 0.300. The van der Waals surface area contributed by atoms with E-state index < -0.39 is 6.04 Å². The maximum atomic E-state index is 13.0. The number of amides is 2. The molecule has 0 radical (unpaired) electrons. The number of carbonyl (C=O) groups is 2. The zero-order valence-corrected chi connectivity index (χ0v) is 15.5. The number of carbonyl (C=O) groups excluding carboxylic acids is 2. The van der Waals surface area contributed by atoms with Gasteiger partial charge in [0.05, 0.1) is 5.25 Å². The van der Waals surface area contributed by atoms with E-state index in [4.69, 9.17) is 0 Å². The highest BCUT2D eigenvalue weighted by Crippen LogP contribution is 2.24. The number of thioether (sulfide) groups is 1. The first kappa shape index (κ1) is 18.5. The molecule has 2 atom stereocenters. The van der Waals surface area contributed by atoms with Crippen molar-refractivity contribution >= 4 is 29.3 Å². The van der Waals surface area contributed by atoms with Gasteiger partial charge in [0, 0.05) is 11.4 Å². The Morgan fingerprint density at radius 3 is 2.65 bits per heavy atom. The second kappa shape index (κ2) is 7.91. The summed E-state index contributed by atoms with van der Waals surface area (Å²) >= 11 is 1.46. The topological polar surface area (TPSA) is 58.2 Å². The van der Waals surface area contributed by atoms with Crippen molar-refractivity contribution in [1.29, 1.82) is 0 Å². The van der Waals surface area contributed by atoms with Crippen LogP contribution in [0.4, 0.5) is 10.1 Å². The molecule has 136 valence electrons. The molecule has 1 fully saturated rings. The summed E-state index contributed by atoms with van der Waals surface area (Å²) in [5.41, 5.74) is 3.79. The van der Waals surface area contributed by atoms with E-state index in [-0.39, 0.29) is 22.9 Å². The lowest BCUT2D eigenvalue weighted by Crippen LogP contribution is -2.52. The molecule has 2 amide bonds. The van der Waals surface area contributed by atoms with E-state index in [1.54, 1.807) is 12.1 Å². The van der Waals surface area contributed by atoms with E-state index in [0.717, 1.165) is 22.4 Å². The number of aryl methyl sites for hydroxylation is 1. The standard InChI is InChI=1S/C20H21FN2O2S/c1-12-4-3-5-16(13(12)2)22-19(24)17-11-26-18(20(25)23-17)10-14-6-8-15(21)9-7-14/h3-9,17-18H,10-11H2,1-2H3,(H,22,24)(H,23,25). The second-order valence-corrected chi connectivity index (χ2v) is 7.69. The second-order valence-electron chi connectivity index (χ2n) is 6.45. The van der Waals surface area contributed by atoms with Crippen molar-refractivity contribution in [3.63, 3.8) is 0 Å². The third-order valence-electron chi connectivity index (χ3n) is 4.59. The summed E-state index contributed by atoms with van der Waals surface area (Å²) in [6, 6.07) is 11.3. The van der Waals surface area contributed by atoms with Crippen LogP contribution in [0.25, 0.3) is 0 Å². The van der Waals surface area contributed by atoms with E-state index in [1.807, 2.05) is 32.0 Å². The summed E-state index contributed by atoms with van der Waals surface area (Å²) in [5.74, 6) is -0.155. The molecule has 0 aliphatic carbocycles. The van der Waals surface area contributed by atoms with Crippen molar-refractivity contribution in [3.05, 3.63) is 65.0 Å². The van der Waals surface area contributed by atoms with Gasteiger partial charge in [0.25, 0.3) is 0 Å². The predicted octanol–water partition coefficient (Wildman–Crippen LogP) is 3.22. The summed E-state index contributed by atoms with van der Waals surface area (Å²) in [4.78, 5) is 24.9. The molecule has 2 N–H and O–H groups in total. The molecular formula is C20H21FN2O2S. The number of benzene rings is 2. The Morgan fingerprint density at radius 1 is 1.23 bits per heavy atom. The van der Waals surface area contributed by atoms with Crippen molar-refractivity contribution in [2.45, 2.75) is 31.6 Å². The zero-order chi connectivity index (χ0) is 18.7. The van der Waals surface area contributed by atoms with E-state index in [2.05, 4.69) is 10.6 Å². The van der Waals surface area contributed by atoms with Crippen molar-refractivity contribution in [1.82, 2.24) is 5.32 Å². The maximum absolute atomic E-state index is 13.0. The van der Waals surface area contributed by atoms with Crippen LogP contribution in [0.1, 0.15) is 16.7 Å². The number of hydrogen-bond donors (Lipinski definition) is 2. The van der Waals surface area contributed by atoms with E-state index in [1.165, 1.54) is 23.9 Å². The average molecular weight is 372 g/mol. The number of halogens is 1. The fourth-order valence-electron chi connectivity index (χ4n) is 2.83. The van der Waals surface area contributed by atoms with Crippen LogP contribution < -0.4 is 10.6 Å². The van der Waals surface area contributed by atoms with Gasteiger partial charge in [-0.25, -0.2) is 4.39 Å². The highest BCUT2D eigenvalue weighted by molar-refractivity contribution is 8.00. The normalized spacial score (nSPS) is 19.7. The number of hydrogen-bond acceptors (Lipinski definition) is 3. The molecule has 1 aliphatic rings. The predicted molar refractivity (Wildman–Crippen MR) is 103 cm³/mol. The summed E-state index contributed by atoms with van der Waals surface area (Å²) in [6.07, 6.45) is 0.516. The fourth-order valence-corrected chi connectivity index (χ4v) is 4.02. The molecule has 1 aliphatic heterocycles. The van der Waals surface area contributed by atoms with Gasteiger partial charge in [0.1, 0.15) is 11.9 Å². The van der Waals surface area contributed by atoms with Crippen LogP contribution in [0, 0.1) is 19.7 Å². The van der Waals surface area contributed by atoms with Crippen LogP contribution in [-0.4, -0.2) is 28.9 Å². The Balaban J connectivity index is 1.59. The Hall–Kier alpha value is -2.34. The molecule has 4 nitrogen and oxygen atoms in total. The third-order valence-corrected chi connectivity index (χ3v) is 5.90. The van der Waals surface area contributed by atoms with E-state index in [9.17, 15) is 14.0 Å². The monoisotopic (exact) mass is 372 g/mol. The Labute approximate surface area is 156 Å². The van der Waals surface area contributed by atoms with Crippen molar-refractivity contribution in [3.8, 4) is 0 Å². The van der Waals surface area contributed by atoms with Gasteiger partial charge in [-0.3, -0.25) is 9.59 Å². The maximum Gasteiger partial charge on any atom is 0.247 e. The van der Waals surface area contributed by atoms with Gasteiger partial charge < -0.3 is 10.6 Å². The van der Waals surface area contributed by atoms with E-state index >= 15 is 0 Å². The Morgan fingerprint density at radius 2 is 1.96 bits per heavy atom. The van der Waals surface area contributed by atoms with Crippen molar-refractivity contribution in [2.75, 3.05) is 11.1 Å². The molecule has 2 aromatic rings. The van der Waals surface area contributed by atoms with Gasteiger partial charge in [0.2, 0.25) is 11.8 Å². The highest BCUT2D eigenvalue weighted by Gasteiger charge is 2.32. The largest absolute Gasteiger partial charge is 0.343 e. The minimum atomic E-state index is -0.558. The Kier molecular flexibility index (Phi) is 5.61. The first-order valence-electron chi connectivity index (χ1n) is 8.47. The Bertz CT molecular complexity index is 823. The summed E-state index contributed by atoms with van der Waals surface area (Å²) in [7, 11) is 0. The molecule has 1 saturated heterocycles. The molecule has 6 heteroatoms. The van der Waals surface area contributed by atoms with Crippen LogP contribution in [0.15, 0.2) is 42.5 Å². The lowest BCUT2D eigenvalue weighted by molar-refractivity contribution is -0.126. The zero-order valence-electron chi connectivity index (χ0n) is 14.7. The van der Waals surface area contributed by atoms with Gasteiger partial charge in [-0.15, -0.1) is 11.8 Å². The first-order chi connectivity index (χ1) is 12.4. The van der Waals surface area contributed by atoms with E-state index in [0.29, 0.717) is 12.2 Å². The summed E-state index contributed by atoms with van der Waals surface area (Å²) in [5, 5.41) is 5.44. The molecule has 3 rings (SSSR count). The van der Waals surface area contributed by atoms with Gasteiger partial charge in [-0.05, 0) is 55.2 Å². The lowest BCUT2D eigenvalue weighted by Gasteiger charge is -2.28. The van der Waals surface area contributed by atoms with Gasteiger partial charge in [-0.2, -0.15) is 0 Å². The first-order valence-corrected chi connectivity index (χ1v) is 9.52. The van der Waals surface area contributed by atoms with Crippen LogP contribution >= 0.6 is 11.8 Å². The minimum Gasteiger partial charge on any atom is -0.343 e. The van der Waals surface area contributed by atoms with Gasteiger partial charge >= 0.3 is 0 Å².